The number of fused-ring (bicyclic) bond motifs is 12. The lowest BCUT2D eigenvalue weighted by Crippen LogP contribution is -2.13. The zero-order valence-corrected chi connectivity index (χ0v) is 32.5. The second-order valence-corrected chi connectivity index (χ2v) is 16.3. The summed E-state index contributed by atoms with van der Waals surface area (Å²) in [4.78, 5) is 15.4. The van der Waals surface area contributed by atoms with Gasteiger partial charge < -0.3 is 8.98 Å². The van der Waals surface area contributed by atoms with Gasteiger partial charge in [-0.3, -0.25) is 0 Å². The van der Waals surface area contributed by atoms with Crippen molar-refractivity contribution in [3.05, 3.63) is 205 Å². The van der Waals surface area contributed by atoms with E-state index in [0.717, 1.165) is 56.1 Å². The summed E-state index contributed by atoms with van der Waals surface area (Å²) in [5, 5.41) is 8.32. The van der Waals surface area contributed by atoms with Crippen molar-refractivity contribution in [2.75, 3.05) is 0 Å². The van der Waals surface area contributed by atoms with Crippen LogP contribution in [0.3, 0.4) is 0 Å². The molecule has 0 saturated heterocycles. The molecule has 5 nitrogen and oxygen atoms in total. The monoisotopic (exact) mass is 768 g/mol. The predicted octanol–water partition coefficient (Wildman–Crippen LogP) is 13.7. The van der Waals surface area contributed by atoms with E-state index in [0.29, 0.717) is 29.3 Å². The van der Waals surface area contributed by atoms with Gasteiger partial charge in [-0.2, -0.15) is 0 Å². The van der Waals surface area contributed by atoms with Gasteiger partial charge in [-0.15, -0.1) is 0 Å². The number of allylic oxidation sites excluding steroid dienone is 13. The fraction of sp³-hybridized carbons (Fsp3) is 0.0727. The van der Waals surface area contributed by atoms with Crippen LogP contribution in [0.2, 0.25) is 0 Å². The zero-order chi connectivity index (χ0) is 39.3. The molecule has 60 heavy (non-hydrogen) atoms. The highest BCUT2D eigenvalue weighted by molar-refractivity contribution is 6.12. The molecule has 6 aromatic carbocycles. The first kappa shape index (κ1) is 33.4. The smallest absolute Gasteiger partial charge is 0.164 e. The summed E-state index contributed by atoms with van der Waals surface area (Å²) in [6.07, 6.45) is 27.8. The topological polar surface area (TPSA) is 56.7 Å². The number of nitrogens with zero attached hydrogens (tertiary/aromatic N) is 4. The molecule has 5 heteroatoms. The van der Waals surface area contributed by atoms with Gasteiger partial charge in [-0.25, -0.2) is 15.0 Å². The Hall–Kier alpha value is -7.63. The highest BCUT2D eigenvalue weighted by Crippen LogP contribution is 2.47. The van der Waals surface area contributed by atoms with Crippen molar-refractivity contribution < 1.29 is 4.42 Å². The van der Waals surface area contributed by atoms with Gasteiger partial charge >= 0.3 is 0 Å². The number of rotatable bonds is 4. The summed E-state index contributed by atoms with van der Waals surface area (Å²) in [6.45, 7) is 0. The van der Waals surface area contributed by atoms with Gasteiger partial charge in [0.15, 0.2) is 17.5 Å². The van der Waals surface area contributed by atoms with E-state index < -0.39 is 0 Å². The lowest BCUT2D eigenvalue weighted by molar-refractivity contribution is 0.668. The summed E-state index contributed by atoms with van der Waals surface area (Å²) < 4.78 is 9.20. The maximum absolute atomic E-state index is 6.78. The molecular formula is C55H36N4O. The number of hydrogen-bond donors (Lipinski definition) is 0. The minimum Gasteiger partial charge on any atom is -0.456 e. The Morgan fingerprint density at radius 2 is 1.30 bits per heavy atom. The van der Waals surface area contributed by atoms with Crippen LogP contribution in [-0.4, -0.2) is 19.5 Å². The molecule has 3 atom stereocenters. The van der Waals surface area contributed by atoms with Crippen molar-refractivity contribution in [1.29, 1.82) is 0 Å². The van der Waals surface area contributed by atoms with E-state index in [4.69, 9.17) is 19.4 Å². The molecule has 0 spiro atoms. The van der Waals surface area contributed by atoms with Crippen LogP contribution in [0.25, 0.3) is 94.5 Å². The van der Waals surface area contributed by atoms with Crippen LogP contribution in [-0.2, 0) is 0 Å². The molecule has 282 valence electrons. The number of hydrogen-bond acceptors (Lipinski definition) is 4. The van der Waals surface area contributed by atoms with E-state index in [2.05, 4.69) is 193 Å². The Bertz CT molecular complexity index is 3550. The van der Waals surface area contributed by atoms with Gasteiger partial charge in [0.2, 0.25) is 0 Å². The highest BCUT2D eigenvalue weighted by atomic mass is 16.3. The molecule has 0 radical (unpaired) electrons. The molecule has 0 bridgehead atoms. The van der Waals surface area contributed by atoms with Crippen LogP contribution < -0.4 is 0 Å². The quantitative estimate of drug-likeness (QED) is 0.179. The fourth-order valence-corrected chi connectivity index (χ4v) is 9.94. The normalized spacial score (nSPS) is 19.0. The maximum atomic E-state index is 6.78. The Balaban J connectivity index is 0.950. The van der Waals surface area contributed by atoms with Crippen molar-refractivity contribution in [2.24, 2.45) is 11.8 Å². The Kier molecular flexibility index (Phi) is 7.19. The Labute approximate surface area is 346 Å². The van der Waals surface area contributed by atoms with Crippen molar-refractivity contribution in [3.8, 4) is 28.5 Å². The third-order valence-electron chi connectivity index (χ3n) is 12.9. The summed E-state index contributed by atoms with van der Waals surface area (Å²) in [6, 6.07) is 41.1. The van der Waals surface area contributed by atoms with E-state index in [1.165, 1.54) is 43.9 Å². The van der Waals surface area contributed by atoms with Crippen LogP contribution >= 0.6 is 0 Å². The van der Waals surface area contributed by atoms with Crippen molar-refractivity contribution in [2.45, 2.75) is 12.3 Å². The molecule has 4 aliphatic rings. The van der Waals surface area contributed by atoms with Crippen LogP contribution in [0.4, 0.5) is 0 Å². The molecule has 0 amide bonds. The first-order valence-electron chi connectivity index (χ1n) is 20.8. The average molecular weight is 769 g/mol. The molecule has 9 aromatic rings. The molecule has 0 fully saturated rings. The lowest BCUT2D eigenvalue weighted by atomic mass is 9.78. The van der Waals surface area contributed by atoms with Gasteiger partial charge in [-0.05, 0) is 87.7 Å². The van der Waals surface area contributed by atoms with E-state index in [1.54, 1.807) is 0 Å². The van der Waals surface area contributed by atoms with E-state index in [-0.39, 0.29) is 5.92 Å². The third kappa shape index (κ3) is 5.15. The van der Waals surface area contributed by atoms with Gasteiger partial charge in [0, 0.05) is 62.4 Å². The first-order valence-corrected chi connectivity index (χ1v) is 20.8. The molecule has 3 aromatic heterocycles. The molecule has 4 aliphatic carbocycles. The van der Waals surface area contributed by atoms with Gasteiger partial charge in [0.05, 0.1) is 11.2 Å². The van der Waals surface area contributed by atoms with Crippen molar-refractivity contribution in [3.63, 3.8) is 0 Å². The molecule has 13 rings (SSSR count). The van der Waals surface area contributed by atoms with Gasteiger partial charge in [-0.1, -0.05) is 134 Å². The maximum Gasteiger partial charge on any atom is 0.164 e. The molecule has 3 unspecified atom stereocenters. The summed E-state index contributed by atoms with van der Waals surface area (Å²) in [7, 11) is 0. The Morgan fingerprint density at radius 1 is 0.567 bits per heavy atom. The highest BCUT2D eigenvalue weighted by Gasteiger charge is 2.31. The number of furan rings is 1. The summed E-state index contributed by atoms with van der Waals surface area (Å²) in [5.41, 5.74) is 10.6. The molecule has 3 heterocycles. The van der Waals surface area contributed by atoms with Crippen LogP contribution in [0.1, 0.15) is 29.4 Å². The van der Waals surface area contributed by atoms with Crippen LogP contribution in [0, 0.1) is 11.8 Å². The average Bonchev–Trinajstić information content (AvgIpc) is 3.86. The second kappa shape index (κ2) is 12.9. The lowest BCUT2D eigenvalue weighted by Gasteiger charge is -2.26. The number of aromatic nitrogens is 4. The third-order valence-corrected chi connectivity index (χ3v) is 12.9. The molecule has 0 N–H and O–H groups in total. The van der Waals surface area contributed by atoms with E-state index >= 15 is 0 Å². The van der Waals surface area contributed by atoms with E-state index in [1.807, 2.05) is 0 Å². The zero-order valence-electron chi connectivity index (χ0n) is 32.5. The van der Waals surface area contributed by atoms with Gasteiger partial charge in [0.1, 0.15) is 11.2 Å². The van der Waals surface area contributed by atoms with Crippen LogP contribution in [0.15, 0.2) is 192 Å². The minimum atomic E-state index is 0.278. The molecule has 0 saturated carbocycles. The SMILES string of the molecule is C1=CC2=CC(c3nc(-c4ccc5ccccc5c4)nc(-c4ccc5c(c4)oc4cc(-n6c7c(c8c9ccccc9ccc86)C6C=CC=CC6C=C7)ccc45)n3)=CCC2C=C1. The summed E-state index contributed by atoms with van der Waals surface area (Å²) in [5.74, 6) is 2.92. The van der Waals surface area contributed by atoms with Crippen LogP contribution in [0.5, 0.6) is 0 Å². The fourth-order valence-electron chi connectivity index (χ4n) is 9.94. The largest absolute Gasteiger partial charge is 0.456 e. The molecular weight excluding hydrogens is 733 g/mol. The van der Waals surface area contributed by atoms with E-state index in [9.17, 15) is 0 Å². The number of benzene rings is 6. The minimum absolute atomic E-state index is 0.278. The second-order valence-electron chi connectivity index (χ2n) is 16.3. The Morgan fingerprint density at radius 3 is 2.22 bits per heavy atom. The predicted molar refractivity (Wildman–Crippen MR) is 246 cm³/mol. The summed E-state index contributed by atoms with van der Waals surface area (Å²) >= 11 is 0. The standard InChI is InChI=1S/C55H36N4O/c1-3-13-37-29-39(19-17-33(37)9-1)53-56-54(40-20-18-34-10-2-4-14-38(34)30-40)58-55(57-53)41-21-25-45-46-26-24-42(32-50(46)60-49(45)31-41)59-47-27-22-35-11-5-7-15-43(35)51(47)52-44-16-8-6-12-36(44)23-28-48(52)59/h1-17,19-32,34-35,43H,18H2. The molecule has 0 aliphatic heterocycles. The van der Waals surface area contributed by atoms with Crippen molar-refractivity contribution >= 4 is 66.0 Å². The van der Waals surface area contributed by atoms with Crippen molar-refractivity contribution in [1.82, 2.24) is 19.5 Å². The first-order chi connectivity index (χ1) is 29.7. The van der Waals surface area contributed by atoms with Gasteiger partial charge in [0.25, 0.3) is 0 Å².